The average molecular weight is 328 g/mol. The lowest BCUT2D eigenvalue weighted by Crippen LogP contribution is -2.56. The van der Waals surface area contributed by atoms with Crippen molar-refractivity contribution in [2.45, 2.75) is 37.8 Å². The van der Waals surface area contributed by atoms with Crippen molar-refractivity contribution in [3.8, 4) is 0 Å². The molecule has 2 aromatic rings. The minimum Gasteiger partial charge on any atom is -0.345 e. The molecule has 0 bridgehead atoms. The Morgan fingerprint density at radius 2 is 1.87 bits per heavy atom. The molecule has 1 aromatic carbocycles. The highest BCUT2D eigenvalue weighted by Crippen LogP contribution is 2.41. The van der Waals surface area contributed by atoms with Crippen molar-refractivity contribution >= 4 is 23.2 Å². The highest BCUT2D eigenvalue weighted by molar-refractivity contribution is 7.12. The van der Waals surface area contributed by atoms with Gasteiger partial charge in [-0.05, 0) is 43.2 Å². The van der Waals surface area contributed by atoms with E-state index in [1.807, 2.05) is 41.8 Å². The third kappa shape index (κ3) is 3.29. The van der Waals surface area contributed by atoms with Crippen LogP contribution in [-0.2, 0) is 10.3 Å². The number of hydrogen-bond donors (Lipinski definition) is 2. The minimum atomic E-state index is -0.564. The van der Waals surface area contributed by atoms with E-state index in [1.54, 1.807) is 13.0 Å². The first-order valence-corrected chi connectivity index (χ1v) is 8.71. The van der Waals surface area contributed by atoms with Gasteiger partial charge in [-0.2, -0.15) is 0 Å². The molecule has 1 fully saturated rings. The summed E-state index contributed by atoms with van der Waals surface area (Å²) in [6.07, 6.45) is 2.98. The molecule has 1 aromatic heterocycles. The van der Waals surface area contributed by atoms with E-state index in [1.165, 1.54) is 11.3 Å². The van der Waals surface area contributed by atoms with Crippen molar-refractivity contribution in [1.82, 2.24) is 10.6 Å². The second-order valence-corrected chi connectivity index (χ2v) is 6.91. The number of carbonyl (C=O) groups is 2. The fraction of sp³-hybridized carbons (Fsp3) is 0.333. The quantitative estimate of drug-likeness (QED) is 0.886. The topological polar surface area (TPSA) is 58.2 Å². The number of benzene rings is 1. The molecular formula is C18H20N2O2S. The van der Waals surface area contributed by atoms with Crippen LogP contribution >= 0.6 is 11.3 Å². The van der Waals surface area contributed by atoms with Crippen molar-refractivity contribution < 1.29 is 9.59 Å². The first-order valence-electron chi connectivity index (χ1n) is 7.83. The SMILES string of the molecule is CC(NC(=O)c1cccs1)C(=O)NC1(c2ccccc2)CCC1. The second kappa shape index (κ2) is 6.54. The van der Waals surface area contributed by atoms with Gasteiger partial charge in [-0.1, -0.05) is 36.4 Å². The van der Waals surface area contributed by atoms with Crippen LogP contribution in [0.15, 0.2) is 47.8 Å². The van der Waals surface area contributed by atoms with E-state index in [9.17, 15) is 9.59 Å². The zero-order valence-corrected chi connectivity index (χ0v) is 13.9. The Labute approximate surface area is 139 Å². The maximum Gasteiger partial charge on any atom is 0.261 e. The summed E-state index contributed by atoms with van der Waals surface area (Å²) in [6, 6.07) is 13.1. The summed E-state index contributed by atoms with van der Waals surface area (Å²) in [6.45, 7) is 1.72. The Hall–Kier alpha value is -2.14. The first kappa shape index (κ1) is 15.7. The lowest BCUT2D eigenvalue weighted by molar-refractivity contribution is -0.125. The lowest BCUT2D eigenvalue weighted by Gasteiger charge is -2.43. The summed E-state index contributed by atoms with van der Waals surface area (Å²) in [4.78, 5) is 25.2. The number of carbonyl (C=O) groups excluding carboxylic acids is 2. The summed E-state index contributed by atoms with van der Waals surface area (Å²) in [7, 11) is 0. The van der Waals surface area contributed by atoms with Gasteiger partial charge in [0.25, 0.3) is 5.91 Å². The monoisotopic (exact) mass is 328 g/mol. The van der Waals surface area contributed by atoms with Crippen molar-refractivity contribution in [2.75, 3.05) is 0 Å². The third-order valence-corrected chi connectivity index (χ3v) is 5.25. The van der Waals surface area contributed by atoms with E-state index in [2.05, 4.69) is 10.6 Å². The van der Waals surface area contributed by atoms with Gasteiger partial charge < -0.3 is 10.6 Å². The molecule has 1 aliphatic carbocycles. The summed E-state index contributed by atoms with van der Waals surface area (Å²) in [5.41, 5.74) is 0.858. The molecule has 4 nitrogen and oxygen atoms in total. The Morgan fingerprint density at radius 1 is 1.13 bits per heavy atom. The maximum atomic E-state index is 12.5. The number of rotatable bonds is 5. The molecule has 1 aliphatic rings. The Kier molecular flexibility index (Phi) is 4.48. The Bertz CT molecular complexity index is 678. The van der Waals surface area contributed by atoms with Gasteiger partial charge in [0.1, 0.15) is 6.04 Å². The molecule has 0 spiro atoms. The van der Waals surface area contributed by atoms with Gasteiger partial charge in [-0.3, -0.25) is 9.59 Å². The van der Waals surface area contributed by atoms with E-state index >= 15 is 0 Å². The van der Waals surface area contributed by atoms with Crippen LogP contribution in [0.4, 0.5) is 0 Å². The molecule has 1 saturated carbocycles. The van der Waals surface area contributed by atoms with Gasteiger partial charge in [-0.25, -0.2) is 0 Å². The van der Waals surface area contributed by atoms with Crippen molar-refractivity contribution in [3.05, 3.63) is 58.3 Å². The molecule has 5 heteroatoms. The standard InChI is InChI=1S/C18H20N2O2S/c1-13(19-17(22)15-9-5-12-23-15)16(21)20-18(10-6-11-18)14-7-3-2-4-8-14/h2-5,7-9,12-13H,6,10-11H2,1H3,(H,19,22)(H,20,21). The predicted molar refractivity (Wildman–Crippen MR) is 91.4 cm³/mol. The molecule has 0 saturated heterocycles. The molecule has 120 valence electrons. The van der Waals surface area contributed by atoms with Gasteiger partial charge in [0.2, 0.25) is 5.91 Å². The van der Waals surface area contributed by atoms with Crippen LogP contribution in [0.25, 0.3) is 0 Å². The van der Waals surface area contributed by atoms with E-state index in [-0.39, 0.29) is 17.4 Å². The van der Waals surface area contributed by atoms with Gasteiger partial charge in [0.15, 0.2) is 0 Å². The van der Waals surface area contributed by atoms with Crippen LogP contribution in [-0.4, -0.2) is 17.9 Å². The molecule has 2 N–H and O–H groups in total. The zero-order valence-electron chi connectivity index (χ0n) is 13.0. The highest BCUT2D eigenvalue weighted by atomic mass is 32.1. The highest BCUT2D eigenvalue weighted by Gasteiger charge is 2.40. The molecule has 23 heavy (non-hydrogen) atoms. The molecule has 1 atom stereocenters. The van der Waals surface area contributed by atoms with Crippen molar-refractivity contribution in [2.24, 2.45) is 0 Å². The number of hydrogen-bond acceptors (Lipinski definition) is 3. The maximum absolute atomic E-state index is 12.5. The van der Waals surface area contributed by atoms with Crippen LogP contribution in [0.1, 0.15) is 41.4 Å². The smallest absolute Gasteiger partial charge is 0.261 e. The number of thiophene rings is 1. The van der Waals surface area contributed by atoms with Gasteiger partial charge in [0.05, 0.1) is 10.4 Å². The fourth-order valence-corrected chi connectivity index (χ4v) is 3.49. The van der Waals surface area contributed by atoms with Crippen molar-refractivity contribution in [1.29, 1.82) is 0 Å². The van der Waals surface area contributed by atoms with Crippen LogP contribution in [0, 0.1) is 0 Å². The molecule has 0 aliphatic heterocycles. The summed E-state index contributed by atoms with van der Waals surface area (Å²) in [5, 5.41) is 7.76. The number of nitrogens with one attached hydrogen (secondary N) is 2. The fourth-order valence-electron chi connectivity index (χ4n) is 2.86. The molecule has 3 rings (SSSR count). The number of amides is 2. The van der Waals surface area contributed by atoms with Crippen LogP contribution in [0.3, 0.4) is 0 Å². The molecular weight excluding hydrogens is 308 g/mol. The third-order valence-electron chi connectivity index (χ3n) is 4.38. The van der Waals surface area contributed by atoms with E-state index < -0.39 is 6.04 Å². The largest absolute Gasteiger partial charge is 0.345 e. The van der Waals surface area contributed by atoms with E-state index in [0.717, 1.165) is 24.8 Å². The predicted octanol–water partition coefficient (Wildman–Crippen LogP) is 3.06. The van der Waals surface area contributed by atoms with Gasteiger partial charge in [0, 0.05) is 0 Å². The summed E-state index contributed by atoms with van der Waals surface area (Å²) in [5.74, 6) is -0.344. The molecule has 1 unspecified atom stereocenters. The van der Waals surface area contributed by atoms with Crippen LogP contribution in [0.5, 0.6) is 0 Å². The molecule has 2 amide bonds. The molecule has 0 radical (unpaired) electrons. The normalized spacial score (nSPS) is 16.9. The summed E-state index contributed by atoms with van der Waals surface area (Å²) < 4.78 is 0. The van der Waals surface area contributed by atoms with Crippen LogP contribution in [0.2, 0.25) is 0 Å². The second-order valence-electron chi connectivity index (χ2n) is 5.96. The zero-order chi connectivity index (χ0) is 16.3. The van der Waals surface area contributed by atoms with Gasteiger partial charge >= 0.3 is 0 Å². The minimum absolute atomic E-state index is 0.140. The Morgan fingerprint density at radius 3 is 2.43 bits per heavy atom. The van der Waals surface area contributed by atoms with E-state index in [4.69, 9.17) is 0 Å². The summed E-state index contributed by atoms with van der Waals surface area (Å²) >= 11 is 1.37. The first-order chi connectivity index (χ1) is 11.1. The van der Waals surface area contributed by atoms with Gasteiger partial charge in [-0.15, -0.1) is 11.3 Å². The van der Waals surface area contributed by atoms with Crippen molar-refractivity contribution in [3.63, 3.8) is 0 Å². The average Bonchev–Trinajstić information content (AvgIpc) is 3.06. The van der Waals surface area contributed by atoms with E-state index in [0.29, 0.717) is 4.88 Å². The molecule has 1 heterocycles. The van der Waals surface area contributed by atoms with Crippen LogP contribution < -0.4 is 10.6 Å². The Balaban J connectivity index is 1.65. The lowest BCUT2D eigenvalue weighted by atomic mass is 9.71.